The average Bonchev–Trinajstić information content (AvgIpc) is 3.03. The van der Waals surface area contributed by atoms with Crippen LogP contribution in [-0.4, -0.2) is 47.8 Å². The van der Waals surface area contributed by atoms with Gasteiger partial charge in [-0.3, -0.25) is 0 Å². The van der Waals surface area contributed by atoms with E-state index in [0.29, 0.717) is 32.0 Å². The van der Waals surface area contributed by atoms with Gasteiger partial charge in [0.2, 0.25) is 0 Å². The first kappa shape index (κ1) is 17.8. The molecule has 2 aliphatic heterocycles. The first-order valence-corrected chi connectivity index (χ1v) is 8.29. The van der Waals surface area contributed by atoms with E-state index in [2.05, 4.69) is 4.98 Å². The molecule has 1 aromatic heterocycles. The molecule has 2 saturated heterocycles. The van der Waals surface area contributed by atoms with Crippen LogP contribution in [0, 0.1) is 11.8 Å². The van der Waals surface area contributed by atoms with E-state index in [4.69, 9.17) is 4.74 Å². The van der Waals surface area contributed by atoms with E-state index in [1.54, 1.807) is 4.90 Å². The van der Waals surface area contributed by atoms with Crippen LogP contribution in [0.25, 0.3) is 0 Å². The maximum Gasteiger partial charge on any atom is 0.417 e. The zero-order valence-corrected chi connectivity index (χ0v) is 14.5. The second-order valence-electron chi connectivity index (χ2n) is 7.71. The van der Waals surface area contributed by atoms with Crippen LogP contribution < -0.4 is 4.90 Å². The highest BCUT2D eigenvalue weighted by Gasteiger charge is 2.43. The number of rotatable bonds is 1. The third-order valence-electron chi connectivity index (χ3n) is 4.54. The highest BCUT2D eigenvalue weighted by Crippen LogP contribution is 2.35. The Hall–Kier alpha value is -1.99. The van der Waals surface area contributed by atoms with Gasteiger partial charge < -0.3 is 14.5 Å². The molecule has 0 bridgehead atoms. The number of hydrogen-bond acceptors (Lipinski definition) is 4. The maximum absolute atomic E-state index is 12.6. The van der Waals surface area contributed by atoms with Gasteiger partial charge in [-0.05, 0) is 32.9 Å². The number of anilines is 1. The molecule has 0 aromatic carbocycles. The summed E-state index contributed by atoms with van der Waals surface area (Å²) in [5.41, 5.74) is -1.27. The summed E-state index contributed by atoms with van der Waals surface area (Å²) in [6.07, 6.45) is -3.81. The SMILES string of the molecule is CC(C)(C)OC(=O)N1CC2CN(c3ccc(C(F)(F)F)cn3)CC2C1. The molecule has 0 N–H and O–H groups in total. The lowest BCUT2D eigenvalue weighted by Crippen LogP contribution is -2.37. The number of amides is 1. The molecule has 2 aliphatic rings. The van der Waals surface area contributed by atoms with Crippen molar-refractivity contribution in [3.63, 3.8) is 0 Å². The van der Waals surface area contributed by atoms with E-state index in [1.165, 1.54) is 6.07 Å². The quantitative estimate of drug-likeness (QED) is 0.773. The summed E-state index contributed by atoms with van der Waals surface area (Å²) in [6, 6.07) is 2.47. The highest BCUT2D eigenvalue weighted by atomic mass is 19.4. The van der Waals surface area contributed by atoms with Gasteiger partial charge in [0.15, 0.2) is 0 Å². The second-order valence-corrected chi connectivity index (χ2v) is 7.71. The molecule has 3 heterocycles. The zero-order chi connectivity index (χ0) is 18.4. The molecule has 0 spiro atoms. The molecule has 0 saturated carbocycles. The molecule has 0 aliphatic carbocycles. The van der Waals surface area contributed by atoms with Crippen molar-refractivity contribution in [3.8, 4) is 0 Å². The number of ether oxygens (including phenoxy) is 1. The number of fused-ring (bicyclic) bond motifs is 1. The largest absolute Gasteiger partial charge is 0.444 e. The van der Waals surface area contributed by atoms with Crippen molar-refractivity contribution in [1.29, 1.82) is 0 Å². The molecule has 138 valence electrons. The second kappa shape index (κ2) is 6.07. The topological polar surface area (TPSA) is 45.7 Å². The smallest absolute Gasteiger partial charge is 0.417 e. The van der Waals surface area contributed by atoms with Gasteiger partial charge in [0, 0.05) is 44.2 Å². The average molecular weight is 357 g/mol. The Kier molecular flexibility index (Phi) is 4.33. The molecule has 2 fully saturated rings. The van der Waals surface area contributed by atoms with Crippen molar-refractivity contribution in [3.05, 3.63) is 23.9 Å². The monoisotopic (exact) mass is 357 g/mol. The normalized spacial score (nSPS) is 23.8. The van der Waals surface area contributed by atoms with Crippen LogP contribution in [-0.2, 0) is 10.9 Å². The van der Waals surface area contributed by atoms with Gasteiger partial charge >= 0.3 is 12.3 Å². The summed E-state index contributed by atoms with van der Waals surface area (Å²) in [7, 11) is 0. The number of carbonyl (C=O) groups excluding carboxylic acids is 1. The summed E-state index contributed by atoms with van der Waals surface area (Å²) in [6.45, 7) is 8.08. The molecule has 1 amide bonds. The molecule has 1 aromatic rings. The van der Waals surface area contributed by atoms with Gasteiger partial charge in [-0.2, -0.15) is 13.2 Å². The number of hydrogen-bond donors (Lipinski definition) is 0. The van der Waals surface area contributed by atoms with Crippen LogP contribution in [0.1, 0.15) is 26.3 Å². The van der Waals surface area contributed by atoms with Gasteiger partial charge in [0.25, 0.3) is 0 Å². The van der Waals surface area contributed by atoms with Crippen LogP contribution in [0.3, 0.4) is 0 Å². The van der Waals surface area contributed by atoms with Crippen LogP contribution in [0.4, 0.5) is 23.8 Å². The summed E-state index contributed by atoms with van der Waals surface area (Å²) >= 11 is 0. The maximum atomic E-state index is 12.6. The van der Waals surface area contributed by atoms with Gasteiger partial charge in [0.05, 0.1) is 5.56 Å². The number of aromatic nitrogens is 1. The fraction of sp³-hybridized carbons (Fsp3) is 0.647. The first-order chi connectivity index (χ1) is 11.5. The molecule has 8 heteroatoms. The fourth-order valence-corrected chi connectivity index (χ4v) is 3.40. The van der Waals surface area contributed by atoms with Gasteiger partial charge in [-0.1, -0.05) is 0 Å². The fourth-order valence-electron chi connectivity index (χ4n) is 3.40. The number of halogens is 3. The molecule has 0 radical (unpaired) electrons. The molecular formula is C17H22F3N3O2. The lowest BCUT2D eigenvalue weighted by Gasteiger charge is -2.26. The van der Waals surface area contributed by atoms with Crippen molar-refractivity contribution in [2.45, 2.75) is 32.5 Å². The Bertz CT molecular complexity index is 626. The van der Waals surface area contributed by atoms with Crippen molar-refractivity contribution in [1.82, 2.24) is 9.88 Å². The van der Waals surface area contributed by atoms with Gasteiger partial charge in [-0.25, -0.2) is 9.78 Å². The van der Waals surface area contributed by atoms with Gasteiger partial charge in [-0.15, -0.1) is 0 Å². The lowest BCUT2D eigenvalue weighted by atomic mass is 10.0. The lowest BCUT2D eigenvalue weighted by molar-refractivity contribution is -0.137. The molecule has 3 rings (SSSR count). The number of carbonyl (C=O) groups is 1. The third kappa shape index (κ3) is 3.99. The predicted octanol–water partition coefficient (Wildman–Crippen LogP) is 3.40. The minimum absolute atomic E-state index is 0.289. The summed E-state index contributed by atoms with van der Waals surface area (Å²) < 4.78 is 43.3. The Balaban J connectivity index is 1.59. The van der Waals surface area contributed by atoms with Crippen molar-refractivity contribution >= 4 is 11.9 Å². The molecule has 5 nitrogen and oxygen atoms in total. The molecule has 25 heavy (non-hydrogen) atoms. The minimum Gasteiger partial charge on any atom is -0.444 e. The Morgan fingerprint density at radius 3 is 2.16 bits per heavy atom. The Labute approximate surface area is 144 Å². The van der Waals surface area contributed by atoms with Crippen LogP contribution >= 0.6 is 0 Å². The highest BCUT2D eigenvalue weighted by molar-refractivity contribution is 5.68. The Morgan fingerprint density at radius 2 is 1.72 bits per heavy atom. The van der Waals surface area contributed by atoms with E-state index in [-0.39, 0.29) is 17.9 Å². The zero-order valence-electron chi connectivity index (χ0n) is 14.5. The molecular weight excluding hydrogens is 335 g/mol. The van der Waals surface area contributed by atoms with Crippen LogP contribution in [0.15, 0.2) is 18.3 Å². The molecule has 2 unspecified atom stereocenters. The first-order valence-electron chi connectivity index (χ1n) is 8.29. The number of alkyl halides is 3. The summed E-state index contributed by atoms with van der Waals surface area (Å²) in [5.74, 6) is 1.12. The number of likely N-dealkylation sites (tertiary alicyclic amines) is 1. The van der Waals surface area contributed by atoms with Gasteiger partial charge in [0.1, 0.15) is 11.4 Å². The third-order valence-corrected chi connectivity index (χ3v) is 4.54. The van der Waals surface area contributed by atoms with E-state index >= 15 is 0 Å². The summed E-state index contributed by atoms with van der Waals surface area (Å²) in [5, 5.41) is 0. The van der Waals surface area contributed by atoms with E-state index < -0.39 is 17.3 Å². The Morgan fingerprint density at radius 1 is 1.12 bits per heavy atom. The summed E-state index contributed by atoms with van der Waals surface area (Å²) in [4.78, 5) is 19.8. The number of pyridine rings is 1. The standard InChI is InChI=1S/C17H22F3N3O2/c1-16(2,3)25-15(24)23-9-11-7-22(8-12(11)10-23)14-5-4-13(6-21-14)17(18,19)20/h4-6,11-12H,7-10H2,1-3H3. The van der Waals surface area contributed by atoms with E-state index in [0.717, 1.165) is 12.3 Å². The predicted molar refractivity (Wildman–Crippen MR) is 86.2 cm³/mol. The van der Waals surface area contributed by atoms with Crippen molar-refractivity contribution in [2.24, 2.45) is 11.8 Å². The number of nitrogens with zero attached hydrogens (tertiary/aromatic N) is 3. The van der Waals surface area contributed by atoms with E-state index in [1.807, 2.05) is 25.7 Å². The van der Waals surface area contributed by atoms with Crippen molar-refractivity contribution < 1.29 is 22.7 Å². The molecule has 2 atom stereocenters. The minimum atomic E-state index is -4.37. The van der Waals surface area contributed by atoms with Crippen LogP contribution in [0.5, 0.6) is 0 Å². The van der Waals surface area contributed by atoms with Crippen molar-refractivity contribution in [2.75, 3.05) is 31.1 Å². The van der Waals surface area contributed by atoms with E-state index in [9.17, 15) is 18.0 Å². The van der Waals surface area contributed by atoms with Crippen LogP contribution in [0.2, 0.25) is 0 Å².